The Hall–Kier alpha value is -3.90. The molecule has 0 aliphatic carbocycles. The van der Waals surface area contributed by atoms with Gasteiger partial charge in [0.1, 0.15) is 40.7 Å². The molecule has 6 rings (SSSR count). The Bertz CT molecular complexity index is 1470. The van der Waals surface area contributed by atoms with E-state index in [1.54, 1.807) is 0 Å². The number of nitrogens with two attached hydrogens (primary N) is 1. The van der Waals surface area contributed by atoms with E-state index in [9.17, 15) is 9.18 Å². The van der Waals surface area contributed by atoms with Gasteiger partial charge in [-0.3, -0.25) is 4.79 Å². The summed E-state index contributed by atoms with van der Waals surface area (Å²) in [4.78, 5) is 23.9. The van der Waals surface area contributed by atoms with Crippen molar-refractivity contribution in [1.29, 1.82) is 0 Å². The largest absolute Gasteiger partial charge is 0.488 e. The second-order valence-electron chi connectivity index (χ2n) is 11.1. The van der Waals surface area contributed by atoms with Crippen LogP contribution in [0.4, 0.5) is 24.5 Å². The number of amides is 1. The molecule has 0 spiro atoms. The lowest BCUT2D eigenvalue weighted by Crippen LogP contribution is -2.47. The molecule has 9 nitrogen and oxygen atoms in total. The third kappa shape index (κ3) is 5.73. The molecule has 5 heterocycles. The molecule has 2 aromatic heterocycles. The highest BCUT2D eigenvalue weighted by molar-refractivity contribution is 6.05. The van der Waals surface area contributed by atoms with E-state index in [-0.39, 0.29) is 23.6 Å². The van der Waals surface area contributed by atoms with Crippen molar-refractivity contribution >= 4 is 17.3 Å². The number of hydrogen-bond acceptors (Lipinski definition) is 8. The van der Waals surface area contributed by atoms with Crippen molar-refractivity contribution in [3.8, 4) is 22.9 Å². The number of nitrogens with one attached hydrogen (secondary N) is 1. The van der Waals surface area contributed by atoms with Crippen LogP contribution in [-0.4, -0.2) is 60.9 Å². The molecule has 2 fully saturated rings. The van der Waals surface area contributed by atoms with Gasteiger partial charge in [0.05, 0.1) is 36.3 Å². The number of rotatable bonds is 6. The van der Waals surface area contributed by atoms with Gasteiger partial charge in [-0.05, 0) is 37.3 Å². The summed E-state index contributed by atoms with van der Waals surface area (Å²) in [5.41, 5.74) is 6.83. The Morgan fingerprint density at radius 1 is 1.14 bits per heavy atom. The number of carbonyl (C=O) groups excluding carboxylic acids is 1. The number of fused-ring (bicyclic) bond motifs is 1. The number of nitrogens with zero attached hydrogens (tertiary/aromatic N) is 3. The lowest BCUT2D eigenvalue weighted by molar-refractivity contribution is 0.00720. The minimum Gasteiger partial charge on any atom is -0.488 e. The fourth-order valence-electron chi connectivity index (χ4n) is 5.93. The molecule has 0 bridgehead atoms. The van der Waals surface area contributed by atoms with Crippen LogP contribution in [0.25, 0.3) is 11.3 Å². The number of anilines is 2. The van der Waals surface area contributed by atoms with E-state index < -0.39 is 34.6 Å². The van der Waals surface area contributed by atoms with E-state index in [1.807, 2.05) is 0 Å². The molecule has 12 heteroatoms. The third-order valence-corrected chi connectivity index (χ3v) is 7.71. The van der Waals surface area contributed by atoms with Crippen molar-refractivity contribution in [2.75, 3.05) is 43.1 Å². The van der Waals surface area contributed by atoms with Gasteiger partial charge in [-0.25, -0.2) is 23.1 Å². The molecular formula is C30H32F3N5O4. The number of ether oxygens (including phenoxy) is 3. The zero-order valence-electron chi connectivity index (χ0n) is 23.2. The molecule has 222 valence electrons. The number of aromatic nitrogens is 2. The second-order valence-corrected chi connectivity index (χ2v) is 11.1. The first-order valence-electron chi connectivity index (χ1n) is 14.1. The van der Waals surface area contributed by atoms with E-state index in [0.29, 0.717) is 56.7 Å². The minimum absolute atomic E-state index is 0.0362. The fourth-order valence-corrected chi connectivity index (χ4v) is 5.93. The van der Waals surface area contributed by atoms with Crippen molar-refractivity contribution in [1.82, 2.24) is 9.97 Å². The van der Waals surface area contributed by atoms with Crippen LogP contribution in [0.1, 0.15) is 42.2 Å². The number of hydrogen-bond donors (Lipinski definition) is 2. The van der Waals surface area contributed by atoms with Gasteiger partial charge in [-0.2, -0.15) is 0 Å². The van der Waals surface area contributed by atoms with E-state index in [0.717, 1.165) is 54.9 Å². The molecule has 2 saturated heterocycles. The molecule has 1 aromatic carbocycles. The summed E-state index contributed by atoms with van der Waals surface area (Å²) in [7, 11) is 0. The maximum atomic E-state index is 15.2. The molecule has 3 N–H and O–H groups in total. The molecule has 1 unspecified atom stereocenters. The Balaban J connectivity index is 1.28. The Kier molecular flexibility index (Phi) is 7.91. The van der Waals surface area contributed by atoms with Crippen LogP contribution in [0.3, 0.4) is 0 Å². The molecule has 3 aliphatic heterocycles. The van der Waals surface area contributed by atoms with Gasteiger partial charge in [0.15, 0.2) is 0 Å². The summed E-state index contributed by atoms with van der Waals surface area (Å²) < 4.78 is 61.9. The van der Waals surface area contributed by atoms with Crippen LogP contribution in [0.15, 0.2) is 30.5 Å². The van der Waals surface area contributed by atoms with E-state index >= 15 is 8.78 Å². The quantitative estimate of drug-likeness (QED) is 0.437. The highest BCUT2D eigenvalue weighted by Gasteiger charge is 2.31. The number of piperidine rings is 1. The SMILES string of the molecule is C[C@@H]1C[C@H](N)CN(c2c(NC(=O)c3ccc(F)c(-c4c(F)cc(OC5CCCOC5)cc4F)n3)cnc3c2CCO3)C1. The normalized spacial score (nSPS) is 21.9. The summed E-state index contributed by atoms with van der Waals surface area (Å²) in [6, 6.07) is 4.04. The first kappa shape index (κ1) is 28.2. The summed E-state index contributed by atoms with van der Waals surface area (Å²) in [6.45, 7) is 4.84. The molecule has 42 heavy (non-hydrogen) atoms. The minimum atomic E-state index is -1.06. The molecule has 3 aliphatic rings. The van der Waals surface area contributed by atoms with E-state index in [2.05, 4.69) is 27.1 Å². The van der Waals surface area contributed by atoms with Crippen LogP contribution >= 0.6 is 0 Å². The van der Waals surface area contributed by atoms with Crippen LogP contribution in [-0.2, 0) is 11.2 Å². The number of carbonyl (C=O) groups is 1. The lowest BCUT2D eigenvalue weighted by atomic mass is 9.95. The van der Waals surface area contributed by atoms with Crippen molar-refractivity contribution < 1.29 is 32.2 Å². The second kappa shape index (κ2) is 11.8. The molecule has 0 radical (unpaired) electrons. The Morgan fingerprint density at radius 3 is 2.69 bits per heavy atom. The average Bonchev–Trinajstić information content (AvgIpc) is 3.42. The van der Waals surface area contributed by atoms with E-state index in [1.165, 1.54) is 6.20 Å². The first-order valence-corrected chi connectivity index (χ1v) is 14.1. The zero-order chi connectivity index (χ0) is 29.4. The van der Waals surface area contributed by atoms with Gasteiger partial charge in [-0.15, -0.1) is 0 Å². The van der Waals surface area contributed by atoms with Gasteiger partial charge in [0, 0.05) is 49.9 Å². The van der Waals surface area contributed by atoms with Gasteiger partial charge in [0.2, 0.25) is 5.88 Å². The highest BCUT2D eigenvalue weighted by Crippen LogP contribution is 2.40. The predicted molar refractivity (Wildman–Crippen MR) is 149 cm³/mol. The van der Waals surface area contributed by atoms with Gasteiger partial charge in [-0.1, -0.05) is 6.92 Å². The summed E-state index contributed by atoms with van der Waals surface area (Å²) in [6.07, 6.45) is 4.14. The van der Waals surface area contributed by atoms with E-state index in [4.69, 9.17) is 19.9 Å². The van der Waals surface area contributed by atoms with Crippen LogP contribution in [0, 0.1) is 23.4 Å². The molecule has 0 saturated carbocycles. The highest BCUT2D eigenvalue weighted by atomic mass is 19.1. The maximum absolute atomic E-state index is 15.2. The molecule has 1 amide bonds. The van der Waals surface area contributed by atoms with Crippen molar-refractivity contribution in [2.24, 2.45) is 11.7 Å². The number of halogens is 3. The van der Waals surface area contributed by atoms with Crippen molar-refractivity contribution in [2.45, 2.75) is 44.8 Å². The monoisotopic (exact) mass is 583 g/mol. The van der Waals surface area contributed by atoms with Gasteiger partial charge < -0.3 is 30.2 Å². The summed E-state index contributed by atoms with van der Waals surface area (Å²) in [5, 5.41) is 2.82. The molecule has 3 atom stereocenters. The van der Waals surface area contributed by atoms with Crippen LogP contribution in [0.2, 0.25) is 0 Å². The maximum Gasteiger partial charge on any atom is 0.274 e. The van der Waals surface area contributed by atoms with Crippen LogP contribution in [0.5, 0.6) is 11.6 Å². The first-order chi connectivity index (χ1) is 20.3. The van der Waals surface area contributed by atoms with Gasteiger partial charge in [0.25, 0.3) is 5.91 Å². The summed E-state index contributed by atoms with van der Waals surface area (Å²) in [5.74, 6) is -2.99. The van der Waals surface area contributed by atoms with Gasteiger partial charge >= 0.3 is 0 Å². The lowest BCUT2D eigenvalue weighted by Gasteiger charge is -2.38. The number of benzene rings is 1. The number of pyridine rings is 2. The smallest absolute Gasteiger partial charge is 0.274 e. The van der Waals surface area contributed by atoms with Crippen molar-refractivity contribution in [3.63, 3.8) is 0 Å². The third-order valence-electron chi connectivity index (χ3n) is 7.71. The fraction of sp³-hybridized carbons (Fsp3) is 0.433. The Labute approximate surface area is 241 Å². The molecule has 3 aromatic rings. The average molecular weight is 584 g/mol. The molecular weight excluding hydrogens is 551 g/mol. The predicted octanol–water partition coefficient (Wildman–Crippen LogP) is 4.48. The topological polar surface area (TPSA) is 112 Å². The van der Waals surface area contributed by atoms with Crippen LogP contribution < -0.4 is 25.4 Å². The standard InChI is InChI=1S/C30H32F3N5O4/c1-16-9-17(34)14-38(13-16)28-20-6-8-41-30(20)35-12-25(28)37-29(39)24-5-4-21(31)27(36-24)26-22(32)10-19(11-23(26)33)42-18-3-2-7-40-15-18/h4-5,10-12,16-18H,2-3,6-9,13-15,34H2,1H3,(H,37,39)/t16-,17+,18?/m1/s1. The Morgan fingerprint density at radius 2 is 1.95 bits per heavy atom. The summed E-state index contributed by atoms with van der Waals surface area (Å²) >= 11 is 0. The zero-order valence-corrected chi connectivity index (χ0v) is 23.2. The van der Waals surface area contributed by atoms with Crippen molar-refractivity contribution in [3.05, 3.63) is 59.2 Å².